The highest BCUT2D eigenvalue weighted by Gasteiger charge is 2.27. The van der Waals surface area contributed by atoms with E-state index in [1.807, 2.05) is 0 Å². The third kappa shape index (κ3) is 5.63. The van der Waals surface area contributed by atoms with Crippen molar-refractivity contribution in [1.82, 2.24) is 4.31 Å². The number of carbonyl (C=O) groups is 1. The van der Waals surface area contributed by atoms with Gasteiger partial charge in [-0.1, -0.05) is 35.7 Å². The van der Waals surface area contributed by atoms with Crippen molar-refractivity contribution in [2.24, 2.45) is 0 Å². The van der Waals surface area contributed by atoms with E-state index in [1.165, 1.54) is 22.5 Å². The number of hydrogen-bond donors (Lipinski definition) is 0. The maximum atomic E-state index is 12.8. The molecule has 6 nitrogen and oxygen atoms in total. The van der Waals surface area contributed by atoms with E-state index in [-0.39, 0.29) is 28.7 Å². The SMILES string of the molecule is O=C(OCCOc1cccc(Cl)c1)c1cc(S(=O)(=O)N2CCCCC2)ccc1Cl. The first-order valence-corrected chi connectivity index (χ1v) is 11.4. The molecule has 1 saturated heterocycles. The van der Waals surface area contributed by atoms with Crippen molar-refractivity contribution in [3.05, 3.63) is 58.1 Å². The number of ether oxygens (including phenoxy) is 2. The van der Waals surface area contributed by atoms with E-state index in [0.717, 1.165) is 19.3 Å². The van der Waals surface area contributed by atoms with Crippen molar-refractivity contribution < 1.29 is 22.7 Å². The highest BCUT2D eigenvalue weighted by molar-refractivity contribution is 7.89. The van der Waals surface area contributed by atoms with E-state index in [4.69, 9.17) is 32.7 Å². The minimum absolute atomic E-state index is 0.00695. The van der Waals surface area contributed by atoms with E-state index in [1.54, 1.807) is 24.3 Å². The molecule has 2 aromatic rings. The van der Waals surface area contributed by atoms with Crippen LogP contribution in [0.2, 0.25) is 10.0 Å². The summed E-state index contributed by atoms with van der Waals surface area (Å²) >= 11 is 12.0. The van der Waals surface area contributed by atoms with E-state index in [0.29, 0.717) is 23.9 Å². The molecule has 9 heteroatoms. The van der Waals surface area contributed by atoms with Gasteiger partial charge in [0.25, 0.3) is 0 Å². The van der Waals surface area contributed by atoms with Crippen molar-refractivity contribution in [2.75, 3.05) is 26.3 Å². The van der Waals surface area contributed by atoms with E-state index in [9.17, 15) is 13.2 Å². The summed E-state index contributed by atoms with van der Waals surface area (Å²) in [4.78, 5) is 12.4. The number of halogens is 2. The van der Waals surface area contributed by atoms with Gasteiger partial charge in [-0.2, -0.15) is 4.31 Å². The van der Waals surface area contributed by atoms with Gasteiger partial charge in [0, 0.05) is 18.1 Å². The Morgan fingerprint density at radius 1 is 1.00 bits per heavy atom. The Kier molecular flexibility index (Phi) is 7.40. The number of rotatable bonds is 7. The third-order valence-corrected chi connectivity index (χ3v) is 6.95. The molecule has 29 heavy (non-hydrogen) atoms. The molecule has 1 fully saturated rings. The van der Waals surface area contributed by atoms with Gasteiger partial charge in [0.2, 0.25) is 10.0 Å². The molecule has 2 aromatic carbocycles. The fourth-order valence-corrected chi connectivity index (χ4v) is 4.92. The van der Waals surface area contributed by atoms with Crippen LogP contribution in [0.15, 0.2) is 47.4 Å². The lowest BCUT2D eigenvalue weighted by molar-refractivity contribution is 0.0450. The molecule has 0 aliphatic carbocycles. The summed E-state index contributed by atoms with van der Waals surface area (Å²) in [6.07, 6.45) is 2.67. The summed E-state index contributed by atoms with van der Waals surface area (Å²) in [5.41, 5.74) is 0.00695. The number of benzene rings is 2. The van der Waals surface area contributed by atoms with Gasteiger partial charge in [-0.3, -0.25) is 0 Å². The van der Waals surface area contributed by atoms with Crippen LogP contribution in [0.3, 0.4) is 0 Å². The summed E-state index contributed by atoms with van der Waals surface area (Å²) in [6.45, 7) is 1.05. The molecular formula is C20H21Cl2NO5S. The van der Waals surface area contributed by atoms with Crippen LogP contribution in [-0.2, 0) is 14.8 Å². The van der Waals surface area contributed by atoms with Crippen molar-refractivity contribution in [1.29, 1.82) is 0 Å². The molecule has 0 saturated carbocycles. The molecule has 0 atom stereocenters. The van der Waals surface area contributed by atoms with Crippen molar-refractivity contribution in [3.8, 4) is 5.75 Å². The minimum Gasteiger partial charge on any atom is -0.490 e. The summed E-state index contributed by atoms with van der Waals surface area (Å²) < 4.78 is 37.7. The highest BCUT2D eigenvalue weighted by Crippen LogP contribution is 2.25. The number of nitrogens with zero attached hydrogens (tertiary/aromatic N) is 1. The Hall–Kier alpha value is -1.80. The van der Waals surface area contributed by atoms with E-state index >= 15 is 0 Å². The molecule has 0 aromatic heterocycles. The van der Waals surface area contributed by atoms with Crippen LogP contribution in [0.1, 0.15) is 29.6 Å². The van der Waals surface area contributed by atoms with Crippen LogP contribution in [0.25, 0.3) is 0 Å². The average molecular weight is 458 g/mol. The Balaban J connectivity index is 1.63. The fraction of sp³-hybridized carbons (Fsp3) is 0.350. The lowest BCUT2D eigenvalue weighted by atomic mass is 10.2. The third-order valence-electron chi connectivity index (χ3n) is 4.49. The molecule has 0 unspecified atom stereocenters. The van der Waals surface area contributed by atoms with Gasteiger partial charge < -0.3 is 9.47 Å². The molecule has 0 bridgehead atoms. The second kappa shape index (κ2) is 9.80. The largest absolute Gasteiger partial charge is 0.490 e. The van der Waals surface area contributed by atoms with Gasteiger partial charge in [0.15, 0.2) is 0 Å². The van der Waals surface area contributed by atoms with Gasteiger partial charge in [-0.25, -0.2) is 13.2 Å². The summed E-state index contributed by atoms with van der Waals surface area (Å²) in [5, 5.41) is 0.668. The monoisotopic (exact) mass is 457 g/mol. The van der Waals surface area contributed by atoms with Crippen LogP contribution in [0.5, 0.6) is 5.75 Å². The Labute approximate surface area is 180 Å². The summed E-state index contributed by atoms with van der Waals surface area (Å²) in [5.74, 6) is -0.151. The van der Waals surface area contributed by atoms with Crippen LogP contribution in [0.4, 0.5) is 0 Å². The molecule has 0 amide bonds. The average Bonchev–Trinajstić information content (AvgIpc) is 2.72. The first-order valence-electron chi connectivity index (χ1n) is 9.23. The van der Waals surface area contributed by atoms with Crippen LogP contribution < -0.4 is 4.74 Å². The first kappa shape index (κ1) is 21.9. The lowest BCUT2D eigenvalue weighted by Gasteiger charge is -2.26. The molecule has 1 aliphatic rings. The number of piperidine rings is 1. The zero-order chi connectivity index (χ0) is 20.9. The molecule has 0 N–H and O–H groups in total. The molecular weight excluding hydrogens is 437 g/mol. The molecule has 1 aliphatic heterocycles. The number of hydrogen-bond acceptors (Lipinski definition) is 5. The molecule has 3 rings (SSSR count). The standard InChI is InChI=1S/C20H21Cl2NO5S/c21-15-5-4-6-16(13-15)27-11-12-28-20(24)18-14-17(7-8-19(18)22)29(25,26)23-9-2-1-3-10-23/h4-8,13-14H,1-3,9-12H2. The zero-order valence-corrected chi connectivity index (χ0v) is 18.0. The quantitative estimate of drug-likeness (QED) is 0.454. The van der Waals surface area contributed by atoms with Gasteiger partial charge in [0.05, 0.1) is 15.5 Å². The fourth-order valence-electron chi connectivity index (χ4n) is 3.00. The van der Waals surface area contributed by atoms with Gasteiger partial charge in [-0.15, -0.1) is 0 Å². The van der Waals surface area contributed by atoms with Crippen molar-refractivity contribution in [3.63, 3.8) is 0 Å². The Morgan fingerprint density at radius 3 is 2.48 bits per heavy atom. The normalized spacial score (nSPS) is 15.1. The van der Waals surface area contributed by atoms with Gasteiger partial charge in [-0.05, 0) is 49.2 Å². The minimum atomic E-state index is -3.67. The zero-order valence-electron chi connectivity index (χ0n) is 15.6. The second-order valence-electron chi connectivity index (χ2n) is 6.55. The second-order valence-corrected chi connectivity index (χ2v) is 9.33. The number of sulfonamides is 1. The molecule has 1 heterocycles. The van der Waals surface area contributed by atoms with E-state index < -0.39 is 16.0 Å². The summed E-state index contributed by atoms with van der Waals surface area (Å²) in [6, 6.07) is 10.9. The van der Waals surface area contributed by atoms with Crippen LogP contribution in [-0.4, -0.2) is 45.0 Å². The van der Waals surface area contributed by atoms with Crippen molar-refractivity contribution >= 4 is 39.2 Å². The Bertz CT molecular complexity index is 975. The van der Waals surface area contributed by atoms with Gasteiger partial charge in [0.1, 0.15) is 19.0 Å². The number of carbonyl (C=O) groups excluding carboxylic acids is 1. The molecule has 0 spiro atoms. The predicted molar refractivity (Wildman–Crippen MR) is 111 cm³/mol. The smallest absolute Gasteiger partial charge is 0.339 e. The van der Waals surface area contributed by atoms with Crippen LogP contribution in [0, 0.1) is 0 Å². The first-order chi connectivity index (χ1) is 13.9. The topological polar surface area (TPSA) is 72.9 Å². The maximum Gasteiger partial charge on any atom is 0.339 e. The molecule has 156 valence electrons. The maximum absolute atomic E-state index is 12.8. The van der Waals surface area contributed by atoms with E-state index in [2.05, 4.69) is 0 Å². The van der Waals surface area contributed by atoms with Gasteiger partial charge >= 0.3 is 5.97 Å². The summed E-state index contributed by atoms with van der Waals surface area (Å²) in [7, 11) is -3.67. The molecule has 0 radical (unpaired) electrons. The highest BCUT2D eigenvalue weighted by atomic mass is 35.5. The number of esters is 1. The lowest BCUT2D eigenvalue weighted by Crippen LogP contribution is -2.35. The predicted octanol–water partition coefficient (Wildman–Crippen LogP) is 4.40. The Morgan fingerprint density at radius 2 is 1.76 bits per heavy atom. The van der Waals surface area contributed by atoms with Crippen molar-refractivity contribution in [2.45, 2.75) is 24.2 Å². The van der Waals surface area contributed by atoms with Crippen LogP contribution >= 0.6 is 23.2 Å².